The molecule has 0 bridgehead atoms. The fourth-order valence-corrected chi connectivity index (χ4v) is 3.35. The van der Waals surface area contributed by atoms with Gasteiger partial charge in [0.15, 0.2) is 0 Å². The number of carboxylic acids is 1. The summed E-state index contributed by atoms with van der Waals surface area (Å²) >= 11 is 0. The van der Waals surface area contributed by atoms with Crippen LogP contribution < -0.4 is 0 Å². The molecule has 1 heterocycles. The Kier molecular flexibility index (Phi) is 1.80. The van der Waals surface area contributed by atoms with Crippen molar-refractivity contribution in [1.82, 2.24) is 0 Å². The highest BCUT2D eigenvalue weighted by molar-refractivity contribution is 5.78. The highest BCUT2D eigenvalue weighted by atomic mass is 16.4. The van der Waals surface area contributed by atoms with E-state index in [0.29, 0.717) is 5.92 Å². The molecule has 0 saturated heterocycles. The first-order chi connectivity index (χ1) is 8.75. The van der Waals surface area contributed by atoms with Crippen LogP contribution in [-0.4, -0.2) is 11.1 Å². The van der Waals surface area contributed by atoms with E-state index < -0.39 is 5.97 Å². The van der Waals surface area contributed by atoms with Gasteiger partial charge in [-0.3, -0.25) is 4.79 Å². The van der Waals surface area contributed by atoms with E-state index in [4.69, 9.17) is 9.52 Å². The van der Waals surface area contributed by atoms with E-state index in [-0.39, 0.29) is 11.8 Å². The molecule has 3 atom stereocenters. The van der Waals surface area contributed by atoms with Crippen LogP contribution in [0, 0.1) is 11.8 Å². The predicted molar refractivity (Wildman–Crippen MR) is 65.2 cm³/mol. The van der Waals surface area contributed by atoms with E-state index in [2.05, 4.69) is 12.1 Å². The van der Waals surface area contributed by atoms with Crippen LogP contribution in [0.4, 0.5) is 0 Å². The second-order valence-electron chi connectivity index (χ2n) is 5.15. The van der Waals surface area contributed by atoms with Crippen LogP contribution in [0.2, 0.25) is 0 Å². The largest absolute Gasteiger partial charge is 0.481 e. The Labute approximate surface area is 104 Å². The van der Waals surface area contributed by atoms with Crippen LogP contribution in [0.15, 0.2) is 41.0 Å². The van der Waals surface area contributed by atoms with Crippen LogP contribution in [0.1, 0.15) is 17.0 Å². The minimum atomic E-state index is -0.647. The monoisotopic (exact) mass is 240 g/mol. The maximum absolute atomic E-state index is 11.0. The maximum Gasteiger partial charge on any atom is 0.307 e. The lowest BCUT2D eigenvalue weighted by molar-refractivity contribution is -0.139. The molecule has 0 radical (unpaired) electrons. The summed E-state index contributed by atoms with van der Waals surface area (Å²) in [5, 5.41) is 9.07. The molecule has 2 aliphatic rings. The van der Waals surface area contributed by atoms with E-state index in [1.807, 2.05) is 18.2 Å². The van der Waals surface area contributed by atoms with Crippen LogP contribution >= 0.6 is 0 Å². The molecule has 2 aromatic rings. The second-order valence-corrected chi connectivity index (χ2v) is 5.15. The molecule has 0 aliphatic heterocycles. The number of furan rings is 1. The van der Waals surface area contributed by atoms with Gasteiger partial charge in [0, 0.05) is 11.5 Å². The Morgan fingerprint density at radius 2 is 2.22 bits per heavy atom. The maximum atomic E-state index is 11.0. The van der Waals surface area contributed by atoms with E-state index in [9.17, 15) is 4.79 Å². The lowest BCUT2D eigenvalue weighted by Crippen LogP contribution is -2.05. The molecule has 0 amide bonds. The van der Waals surface area contributed by atoms with Crippen LogP contribution in [0.5, 0.6) is 0 Å². The van der Waals surface area contributed by atoms with Crippen molar-refractivity contribution in [1.29, 1.82) is 0 Å². The third kappa shape index (κ3) is 1.22. The third-order valence-corrected chi connectivity index (χ3v) is 4.22. The molecule has 18 heavy (non-hydrogen) atoms. The Morgan fingerprint density at radius 3 is 2.94 bits per heavy atom. The summed E-state index contributed by atoms with van der Waals surface area (Å²) in [7, 11) is 0. The average Bonchev–Trinajstić information content (AvgIpc) is 2.79. The number of benzene rings is 1. The second kappa shape index (κ2) is 3.25. The standard InChI is InChI=1S/C15H12O3/c16-15(17)14-11-7-9-6-8(12-2-1-5-18-12)3-4-10(9)13(11)14/h1-6,11,13-14H,7H2,(H,16,17)/t11-,13-,14+/m0/s1. The number of hydrogen-bond acceptors (Lipinski definition) is 2. The topological polar surface area (TPSA) is 50.4 Å². The third-order valence-electron chi connectivity index (χ3n) is 4.22. The van der Waals surface area contributed by atoms with Crippen molar-refractivity contribution >= 4 is 5.97 Å². The van der Waals surface area contributed by atoms with Gasteiger partial charge in [-0.1, -0.05) is 12.1 Å². The SMILES string of the molecule is O=C(O)[C@@H]1[C@H]2Cc3cc(-c4ccco4)ccc3[C@@H]21. The number of carbonyl (C=O) groups is 1. The summed E-state index contributed by atoms with van der Waals surface area (Å²) in [4.78, 5) is 11.0. The molecule has 0 spiro atoms. The fourth-order valence-electron chi connectivity index (χ4n) is 3.35. The lowest BCUT2D eigenvalue weighted by atomic mass is 9.99. The molecular formula is C15H12O3. The smallest absolute Gasteiger partial charge is 0.307 e. The van der Waals surface area contributed by atoms with Gasteiger partial charge in [-0.25, -0.2) is 0 Å². The molecule has 1 aromatic heterocycles. The van der Waals surface area contributed by atoms with Crippen molar-refractivity contribution in [3.63, 3.8) is 0 Å². The van der Waals surface area contributed by atoms with Crippen molar-refractivity contribution in [2.75, 3.05) is 0 Å². The number of carboxylic acid groups (broad SMARTS) is 1. The van der Waals surface area contributed by atoms with Gasteiger partial charge >= 0.3 is 5.97 Å². The molecule has 2 aliphatic carbocycles. The first kappa shape index (κ1) is 9.95. The molecule has 4 rings (SSSR count). The summed E-state index contributed by atoms with van der Waals surface area (Å²) in [6.07, 6.45) is 2.56. The summed E-state index contributed by atoms with van der Waals surface area (Å²) < 4.78 is 5.38. The van der Waals surface area contributed by atoms with Crippen molar-refractivity contribution < 1.29 is 14.3 Å². The Balaban J connectivity index is 1.71. The van der Waals surface area contributed by atoms with Gasteiger partial charge in [0.25, 0.3) is 0 Å². The van der Waals surface area contributed by atoms with Crippen LogP contribution in [-0.2, 0) is 11.2 Å². The van der Waals surface area contributed by atoms with Gasteiger partial charge < -0.3 is 9.52 Å². The zero-order valence-electron chi connectivity index (χ0n) is 9.67. The van der Waals surface area contributed by atoms with Crippen molar-refractivity contribution in [3.05, 3.63) is 47.7 Å². The highest BCUT2D eigenvalue weighted by Gasteiger charge is 2.59. The van der Waals surface area contributed by atoms with E-state index in [1.165, 1.54) is 11.1 Å². The van der Waals surface area contributed by atoms with E-state index in [1.54, 1.807) is 6.26 Å². The van der Waals surface area contributed by atoms with E-state index >= 15 is 0 Å². The molecule has 90 valence electrons. The zero-order chi connectivity index (χ0) is 12.3. The minimum absolute atomic E-state index is 0.146. The minimum Gasteiger partial charge on any atom is -0.481 e. The number of aliphatic carboxylic acids is 1. The lowest BCUT2D eigenvalue weighted by Gasteiger charge is -2.07. The average molecular weight is 240 g/mol. The highest BCUT2D eigenvalue weighted by Crippen LogP contribution is 2.61. The van der Waals surface area contributed by atoms with Gasteiger partial charge in [-0.05, 0) is 41.7 Å². The van der Waals surface area contributed by atoms with Crippen molar-refractivity contribution in [2.45, 2.75) is 12.3 Å². The number of rotatable bonds is 2. The molecule has 1 aromatic carbocycles. The molecule has 3 nitrogen and oxygen atoms in total. The zero-order valence-corrected chi connectivity index (χ0v) is 9.67. The molecule has 1 N–H and O–H groups in total. The summed E-state index contributed by atoms with van der Waals surface area (Å²) in [6.45, 7) is 0. The summed E-state index contributed by atoms with van der Waals surface area (Å²) in [5.41, 5.74) is 3.59. The number of hydrogen-bond donors (Lipinski definition) is 1. The molecule has 1 fully saturated rings. The first-order valence-electron chi connectivity index (χ1n) is 6.15. The summed E-state index contributed by atoms with van der Waals surface area (Å²) in [5.74, 6) is 0.651. The van der Waals surface area contributed by atoms with Gasteiger partial charge in [-0.2, -0.15) is 0 Å². The Bertz CT molecular complexity index is 627. The molecule has 0 unspecified atom stereocenters. The Hall–Kier alpha value is -2.03. The van der Waals surface area contributed by atoms with Crippen molar-refractivity contribution in [2.24, 2.45) is 11.8 Å². The summed E-state index contributed by atoms with van der Waals surface area (Å²) in [6, 6.07) is 10.1. The predicted octanol–water partition coefficient (Wildman–Crippen LogP) is 2.92. The Morgan fingerprint density at radius 1 is 1.33 bits per heavy atom. The fraction of sp³-hybridized carbons (Fsp3) is 0.267. The van der Waals surface area contributed by atoms with Crippen LogP contribution in [0.3, 0.4) is 0 Å². The number of fused-ring (bicyclic) bond motifs is 3. The first-order valence-corrected chi connectivity index (χ1v) is 6.15. The normalized spacial score (nSPS) is 27.7. The molecular weight excluding hydrogens is 228 g/mol. The van der Waals surface area contributed by atoms with Gasteiger partial charge in [0.1, 0.15) is 5.76 Å². The van der Waals surface area contributed by atoms with Gasteiger partial charge in [0.2, 0.25) is 0 Å². The van der Waals surface area contributed by atoms with Crippen LogP contribution in [0.25, 0.3) is 11.3 Å². The quantitative estimate of drug-likeness (QED) is 0.878. The van der Waals surface area contributed by atoms with Crippen molar-refractivity contribution in [3.8, 4) is 11.3 Å². The molecule has 3 heteroatoms. The van der Waals surface area contributed by atoms with Gasteiger partial charge in [0.05, 0.1) is 12.2 Å². The molecule has 1 saturated carbocycles. The van der Waals surface area contributed by atoms with E-state index in [0.717, 1.165) is 17.7 Å². The van der Waals surface area contributed by atoms with Gasteiger partial charge in [-0.15, -0.1) is 0 Å².